The van der Waals surface area contributed by atoms with E-state index in [0.717, 1.165) is 0 Å². The second kappa shape index (κ2) is 7.61. The van der Waals surface area contributed by atoms with Gasteiger partial charge < -0.3 is 10.1 Å². The fourth-order valence-electron chi connectivity index (χ4n) is 3.36. The van der Waals surface area contributed by atoms with Gasteiger partial charge in [0, 0.05) is 12.5 Å². The van der Waals surface area contributed by atoms with E-state index in [9.17, 15) is 14.0 Å². The Morgan fingerprint density at radius 1 is 1.46 bits per heavy atom. The zero-order valence-electron chi connectivity index (χ0n) is 15.9. The lowest BCUT2D eigenvalue weighted by molar-refractivity contribution is -0.170. The van der Waals surface area contributed by atoms with Gasteiger partial charge in [-0.1, -0.05) is 11.6 Å². The number of Topliss-reactive ketones (excluding diaryl/α,β-unsaturated/α-hetero) is 1. The monoisotopic (exact) mass is 384 g/mol. The number of aromatic nitrogens is 1. The Hall–Kier alpha value is -1.53. The molecule has 2 atom stereocenters. The van der Waals surface area contributed by atoms with Gasteiger partial charge in [0.05, 0.1) is 16.7 Å². The van der Waals surface area contributed by atoms with Crippen LogP contribution in [0.5, 0.6) is 0 Å². The Labute approximate surface area is 158 Å². The molecule has 0 aromatic carbocycles. The summed E-state index contributed by atoms with van der Waals surface area (Å²) in [6.07, 6.45) is 1.03. The van der Waals surface area contributed by atoms with Crippen LogP contribution in [0.3, 0.4) is 0 Å². The minimum Gasteiger partial charge on any atom is -0.460 e. The molecular formula is C19H26ClFN2O3. The molecule has 0 radical (unpaired) electrons. The number of piperidine rings is 1. The minimum absolute atomic E-state index is 0.0302. The first kappa shape index (κ1) is 20.8. The molecule has 1 saturated heterocycles. The van der Waals surface area contributed by atoms with Gasteiger partial charge in [-0.2, -0.15) is 0 Å². The van der Waals surface area contributed by atoms with Crippen molar-refractivity contribution in [1.29, 1.82) is 0 Å². The molecule has 26 heavy (non-hydrogen) atoms. The number of carbonyl (C=O) groups is 2. The number of hydrogen-bond donors (Lipinski definition) is 1. The van der Waals surface area contributed by atoms with E-state index in [4.69, 9.17) is 16.3 Å². The molecular weight excluding hydrogens is 359 g/mol. The summed E-state index contributed by atoms with van der Waals surface area (Å²) < 4.78 is 20.4. The molecule has 1 aromatic heterocycles. The highest BCUT2D eigenvalue weighted by Gasteiger charge is 2.45. The molecule has 2 heterocycles. The first-order valence-corrected chi connectivity index (χ1v) is 9.14. The Morgan fingerprint density at radius 3 is 2.65 bits per heavy atom. The number of esters is 1. The van der Waals surface area contributed by atoms with E-state index < -0.39 is 22.6 Å². The zero-order chi connectivity index (χ0) is 19.7. The number of ketones is 1. The van der Waals surface area contributed by atoms with E-state index in [1.165, 1.54) is 13.0 Å². The van der Waals surface area contributed by atoms with Crippen molar-refractivity contribution in [2.75, 3.05) is 6.54 Å². The van der Waals surface area contributed by atoms with Gasteiger partial charge in [-0.05, 0) is 60.1 Å². The van der Waals surface area contributed by atoms with Gasteiger partial charge in [0.2, 0.25) is 0 Å². The molecule has 5 nitrogen and oxygen atoms in total. The summed E-state index contributed by atoms with van der Waals surface area (Å²) >= 11 is 5.99. The predicted octanol–water partition coefficient (Wildman–Crippen LogP) is 3.72. The quantitative estimate of drug-likeness (QED) is 0.486. The molecule has 1 aromatic rings. The maximum atomic E-state index is 14.8. The molecule has 0 amide bonds. The van der Waals surface area contributed by atoms with Gasteiger partial charge >= 0.3 is 5.97 Å². The first-order chi connectivity index (χ1) is 11.9. The van der Waals surface area contributed by atoms with Crippen LogP contribution in [-0.4, -0.2) is 34.9 Å². The van der Waals surface area contributed by atoms with Gasteiger partial charge in [-0.25, -0.2) is 9.37 Å². The number of rotatable bonds is 4. The summed E-state index contributed by atoms with van der Waals surface area (Å²) in [7, 11) is 0. The first-order valence-electron chi connectivity index (χ1n) is 8.76. The summed E-state index contributed by atoms with van der Waals surface area (Å²) in [6, 6.07) is 1.29. The largest absolute Gasteiger partial charge is 0.460 e. The van der Waals surface area contributed by atoms with Crippen molar-refractivity contribution in [1.82, 2.24) is 10.3 Å². The van der Waals surface area contributed by atoms with Crippen LogP contribution in [-0.2, 0) is 16.0 Å². The highest BCUT2D eigenvalue weighted by molar-refractivity contribution is 6.29. The van der Waals surface area contributed by atoms with Crippen molar-refractivity contribution >= 4 is 23.4 Å². The number of pyridine rings is 1. The number of halogens is 2. The van der Waals surface area contributed by atoms with Crippen molar-refractivity contribution in [2.45, 2.75) is 65.5 Å². The summed E-state index contributed by atoms with van der Waals surface area (Å²) in [6.45, 7) is 9.26. The standard InChI is InChI=1S/C19H26ClFN2O3/c1-11-9-19(6-7-22-11,17(25)26-18(3,4)5)10-14-16(21)13(12(2)24)8-15(20)23-14/h8,11,22H,6-7,9-10H2,1-5H3/t11-,19-/m1/s1. The van der Waals surface area contributed by atoms with Crippen LogP contribution < -0.4 is 5.32 Å². The number of hydrogen-bond acceptors (Lipinski definition) is 5. The Bertz CT molecular complexity index is 717. The third kappa shape index (κ3) is 4.80. The maximum absolute atomic E-state index is 14.8. The Morgan fingerprint density at radius 2 is 2.12 bits per heavy atom. The van der Waals surface area contributed by atoms with Gasteiger partial charge in [0.15, 0.2) is 11.6 Å². The maximum Gasteiger partial charge on any atom is 0.313 e. The van der Waals surface area contributed by atoms with Crippen molar-refractivity contribution in [3.8, 4) is 0 Å². The van der Waals surface area contributed by atoms with Gasteiger partial charge in [0.25, 0.3) is 0 Å². The Kier molecular flexibility index (Phi) is 6.08. The fourth-order valence-corrected chi connectivity index (χ4v) is 3.58. The SMILES string of the molecule is CC(=O)c1cc(Cl)nc(C[C@@]2(C(=O)OC(C)(C)C)CCN[C@H](C)C2)c1F. The summed E-state index contributed by atoms with van der Waals surface area (Å²) in [5.74, 6) is -1.52. The molecule has 7 heteroatoms. The van der Waals surface area contributed by atoms with Crippen LogP contribution in [0.1, 0.15) is 63.5 Å². The molecule has 2 rings (SSSR count). The van der Waals surface area contributed by atoms with Crippen LogP contribution in [0.25, 0.3) is 0 Å². The molecule has 0 aliphatic carbocycles. The van der Waals surface area contributed by atoms with E-state index in [-0.39, 0.29) is 34.8 Å². The summed E-state index contributed by atoms with van der Waals surface area (Å²) in [4.78, 5) is 28.8. The predicted molar refractivity (Wildman–Crippen MR) is 97.9 cm³/mol. The van der Waals surface area contributed by atoms with Crippen LogP contribution in [0.2, 0.25) is 5.15 Å². The van der Waals surface area contributed by atoms with Crippen molar-refractivity contribution in [2.24, 2.45) is 5.41 Å². The molecule has 1 aliphatic rings. The molecule has 0 spiro atoms. The van der Waals surface area contributed by atoms with E-state index >= 15 is 0 Å². The highest BCUT2D eigenvalue weighted by Crippen LogP contribution is 2.38. The van der Waals surface area contributed by atoms with Gasteiger partial charge in [-0.15, -0.1) is 0 Å². The topological polar surface area (TPSA) is 68.3 Å². The fraction of sp³-hybridized carbons (Fsp3) is 0.632. The molecule has 1 aliphatic heterocycles. The molecule has 1 N–H and O–H groups in total. The van der Waals surface area contributed by atoms with Crippen molar-refractivity contribution in [3.63, 3.8) is 0 Å². The molecule has 1 fully saturated rings. The number of nitrogens with one attached hydrogen (secondary N) is 1. The van der Waals surface area contributed by atoms with Gasteiger partial charge in [0.1, 0.15) is 10.8 Å². The van der Waals surface area contributed by atoms with Crippen molar-refractivity contribution in [3.05, 3.63) is 28.3 Å². The van der Waals surface area contributed by atoms with Crippen LogP contribution in [0, 0.1) is 11.2 Å². The zero-order valence-corrected chi connectivity index (χ0v) is 16.7. The average molecular weight is 385 g/mol. The third-order valence-corrected chi connectivity index (χ3v) is 4.70. The lowest BCUT2D eigenvalue weighted by Gasteiger charge is -2.40. The number of ether oxygens (including phenoxy) is 1. The lowest BCUT2D eigenvalue weighted by Crippen LogP contribution is -2.50. The van der Waals surface area contributed by atoms with Gasteiger partial charge in [-0.3, -0.25) is 9.59 Å². The average Bonchev–Trinajstić information content (AvgIpc) is 2.48. The highest BCUT2D eigenvalue weighted by atomic mass is 35.5. The molecule has 0 saturated carbocycles. The second-order valence-electron chi connectivity index (χ2n) is 8.08. The molecule has 144 valence electrons. The minimum atomic E-state index is -0.912. The number of carbonyl (C=O) groups excluding carboxylic acids is 2. The lowest BCUT2D eigenvalue weighted by atomic mass is 9.72. The second-order valence-corrected chi connectivity index (χ2v) is 8.46. The number of nitrogens with zero attached hydrogens (tertiary/aromatic N) is 1. The van der Waals surface area contributed by atoms with E-state index in [1.54, 1.807) is 20.8 Å². The summed E-state index contributed by atoms with van der Waals surface area (Å²) in [5.41, 5.74) is -1.64. The Balaban J connectivity index is 2.45. The van der Waals surface area contributed by atoms with E-state index in [0.29, 0.717) is 19.4 Å². The molecule has 0 unspecified atom stereocenters. The normalized spacial score (nSPS) is 23.6. The van der Waals surface area contributed by atoms with E-state index in [1.807, 2.05) is 6.92 Å². The summed E-state index contributed by atoms with van der Waals surface area (Å²) in [5, 5.41) is 3.33. The van der Waals surface area contributed by atoms with Crippen LogP contribution in [0.4, 0.5) is 4.39 Å². The van der Waals surface area contributed by atoms with Crippen LogP contribution in [0.15, 0.2) is 6.07 Å². The third-order valence-electron chi connectivity index (χ3n) is 4.51. The van der Waals surface area contributed by atoms with Crippen LogP contribution >= 0.6 is 11.6 Å². The smallest absolute Gasteiger partial charge is 0.313 e. The molecule has 0 bridgehead atoms. The van der Waals surface area contributed by atoms with Crippen molar-refractivity contribution < 1.29 is 18.7 Å². The van der Waals surface area contributed by atoms with E-state index in [2.05, 4.69) is 10.3 Å².